The molecule has 1 radical (unpaired) electrons. The quantitative estimate of drug-likeness (QED) is 0.694. The van der Waals surface area contributed by atoms with E-state index in [0.717, 1.165) is 18.6 Å². The number of hydrogen-bond donors (Lipinski definition) is 2. The Morgan fingerprint density at radius 1 is 1.60 bits per heavy atom. The summed E-state index contributed by atoms with van der Waals surface area (Å²) in [6, 6.07) is 0.206. The summed E-state index contributed by atoms with van der Waals surface area (Å²) in [7, 11) is 0. The van der Waals surface area contributed by atoms with E-state index >= 15 is 0 Å². The minimum absolute atomic E-state index is 0.0461. The van der Waals surface area contributed by atoms with Gasteiger partial charge in [0.1, 0.15) is 0 Å². The first-order valence-electron chi connectivity index (χ1n) is 5.32. The third-order valence-electron chi connectivity index (χ3n) is 3.02. The number of nitrogens with one attached hydrogen (secondary N) is 2. The lowest BCUT2D eigenvalue weighted by Gasteiger charge is -2.21. The highest BCUT2D eigenvalue weighted by Gasteiger charge is 2.46. The summed E-state index contributed by atoms with van der Waals surface area (Å²) in [5.74, 6) is 0.853. The van der Waals surface area contributed by atoms with E-state index in [1.54, 1.807) is 11.8 Å². The Bertz CT molecular complexity index is 272. The number of amides is 2. The van der Waals surface area contributed by atoms with Crippen molar-refractivity contribution in [2.75, 3.05) is 5.75 Å². The van der Waals surface area contributed by atoms with Crippen molar-refractivity contribution in [3.8, 4) is 0 Å². The molecule has 0 aromatic rings. The van der Waals surface area contributed by atoms with Gasteiger partial charge in [-0.15, -0.1) is 0 Å². The van der Waals surface area contributed by atoms with Crippen LogP contribution in [0.25, 0.3) is 0 Å². The van der Waals surface area contributed by atoms with E-state index in [9.17, 15) is 9.59 Å². The van der Waals surface area contributed by atoms with Crippen LogP contribution in [-0.2, 0) is 4.79 Å². The molecule has 2 N–H and O–H groups in total. The highest BCUT2D eigenvalue weighted by molar-refractivity contribution is 8.00. The van der Waals surface area contributed by atoms with Gasteiger partial charge in [-0.05, 0) is 6.42 Å². The fourth-order valence-corrected chi connectivity index (χ4v) is 3.90. The van der Waals surface area contributed by atoms with E-state index in [4.69, 9.17) is 0 Å². The van der Waals surface area contributed by atoms with Crippen molar-refractivity contribution in [1.29, 1.82) is 0 Å². The summed E-state index contributed by atoms with van der Waals surface area (Å²) in [4.78, 5) is 22.0. The molecule has 1 unspecified atom stereocenters. The minimum Gasteiger partial charge on any atom is -0.332 e. The molecule has 0 saturated carbocycles. The van der Waals surface area contributed by atoms with Crippen molar-refractivity contribution >= 4 is 24.1 Å². The molecule has 5 heteroatoms. The molecule has 2 rings (SSSR count). The number of fused-ring (bicyclic) bond motifs is 1. The van der Waals surface area contributed by atoms with Gasteiger partial charge >= 0.3 is 6.03 Å². The maximum Gasteiger partial charge on any atom is 0.315 e. The van der Waals surface area contributed by atoms with Gasteiger partial charge in [-0.25, -0.2) is 4.79 Å². The first kappa shape index (κ1) is 10.8. The van der Waals surface area contributed by atoms with Gasteiger partial charge in [-0.3, -0.25) is 4.79 Å². The zero-order valence-electron chi connectivity index (χ0n) is 8.66. The molecule has 0 aromatic heterocycles. The minimum atomic E-state index is -0.101. The van der Waals surface area contributed by atoms with Crippen molar-refractivity contribution in [1.82, 2.24) is 10.6 Å². The smallest absolute Gasteiger partial charge is 0.315 e. The average Bonchev–Trinajstić information content (AvgIpc) is 2.73. The van der Waals surface area contributed by atoms with Gasteiger partial charge < -0.3 is 10.6 Å². The molecule has 0 bridgehead atoms. The van der Waals surface area contributed by atoms with Crippen LogP contribution in [0.2, 0.25) is 0 Å². The molecular weight excluding hydrogens is 212 g/mol. The van der Waals surface area contributed by atoms with Gasteiger partial charge in [-0.2, -0.15) is 11.8 Å². The van der Waals surface area contributed by atoms with Crippen LogP contribution in [0.3, 0.4) is 0 Å². The van der Waals surface area contributed by atoms with Gasteiger partial charge in [0, 0.05) is 16.9 Å². The maximum absolute atomic E-state index is 11.1. The lowest BCUT2D eigenvalue weighted by molar-refractivity contribution is 0.246. The molecule has 0 aromatic carbocycles. The van der Waals surface area contributed by atoms with Crippen LogP contribution in [0, 0.1) is 5.92 Å². The van der Waals surface area contributed by atoms with E-state index in [1.165, 1.54) is 0 Å². The molecule has 2 aliphatic rings. The van der Waals surface area contributed by atoms with Crippen molar-refractivity contribution in [2.24, 2.45) is 5.92 Å². The third-order valence-corrected chi connectivity index (χ3v) is 4.58. The summed E-state index contributed by atoms with van der Waals surface area (Å²) in [6.07, 6.45) is 3.97. The second kappa shape index (κ2) is 4.43. The van der Waals surface area contributed by atoms with E-state index in [2.05, 4.69) is 23.8 Å². The third kappa shape index (κ3) is 1.97. The summed E-state index contributed by atoms with van der Waals surface area (Å²) in [5.41, 5.74) is 0. The largest absolute Gasteiger partial charge is 0.332 e. The first-order valence-corrected chi connectivity index (χ1v) is 6.37. The molecular formula is C10H15N2O2S. The predicted molar refractivity (Wildman–Crippen MR) is 59.6 cm³/mol. The van der Waals surface area contributed by atoms with Crippen LogP contribution >= 0.6 is 11.8 Å². The predicted octanol–water partition coefficient (Wildman–Crippen LogP) is 0.678. The van der Waals surface area contributed by atoms with Gasteiger partial charge in [0.05, 0.1) is 12.1 Å². The Hall–Kier alpha value is -0.710. The van der Waals surface area contributed by atoms with E-state index in [0.29, 0.717) is 0 Å². The topological polar surface area (TPSA) is 58.2 Å². The van der Waals surface area contributed by atoms with Gasteiger partial charge in [0.25, 0.3) is 0 Å². The number of carbonyl (C=O) groups excluding carboxylic acids is 2. The maximum atomic E-state index is 11.1. The lowest BCUT2D eigenvalue weighted by Crippen LogP contribution is -2.40. The lowest BCUT2D eigenvalue weighted by atomic mass is 9.94. The average molecular weight is 227 g/mol. The van der Waals surface area contributed by atoms with Crippen LogP contribution in [0.5, 0.6) is 0 Å². The van der Waals surface area contributed by atoms with Gasteiger partial charge in [0.2, 0.25) is 6.29 Å². The molecule has 2 saturated heterocycles. The Morgan fingerprint density at radius 2 is 2.40 bits per heavy atom. The van der Waals surface area contributed by atoms with Crippen LogP contribution in [0.1, 0.15) is 19.8 Å². The Labute approximate surface area is 93.6 Å². The second-order valence-corrected chi connectivity index (χ2v) is 5.27. The van der Waals surface area contributed by atoms with Crippen LogP contribution < -0.4 is 10.6 Å². The SMILES string of the molecule is CCCC([C]=O)[C@@H]1SC[C@@H]2NC(=O)N[C@@H]21. The fraction of sp³-hybridized carbons (Fsp3) is 0.800. The van der Waals surface area contributed by atoms with Crippen LogP contribution in [0.4, 0.5) is 4.79 Å². The Morgan fingerprint density at radius 3 is 3.07 bits per heavy atom. The Kier molecular flexibility index (Phi) is 3.19. The number of rotatable bonds is 4. The normalized spacial score (nSPS) is 35.5. The summed E-state index contributed by atoms with van der Waals surface area (Å²) in [5, 5.41) is 5.96. The number of thioether (sulfide) groups is 1. The van der Waals surface area contributed by atoms with Crippen molar-refractivity contribution in [3.63, 3.8) is 0 Å². The van der Waals surface area contributed by atoms with E-state index < -0.39 is 0 Å². The first-order chi connectivity index (χ1) is 7.26. The zero-order valence-corrected chi connectivity index (χ0v) is 9.47. The van der Waals surface area contributed by atoms with E-state index in [-0.39, 0.29) is 29.3 Å². The van der Waals surface area contributed by atoms with Crippen molar-refractivity contribution in [3.05, 3.63) is 0 Å². The molecule has 0 aliphatic carbocycles. The molecule has 4 nitrogen and oxygen atoms in total. The van der Waals surface area contributed by atoms with E-state index in [1.807, 2.05) is 0 Å². The van der Waals surface area contributed by atoms with Crippen LogP contribution in [-0.4, -0.2) is 35.4 Å². The van der Waals surface area contributed by atoms with Crippen LogP contribution in [0.15, 0.2) is 0 Å². The summed E-state index contributed by atoms with van der Waals surface area (Å²) < 4.78 is 0. The molecule has 2 amide bonds. The molecule has 0 spiro atoms. The monoisotopic (exact) mass is 227 g/mol. The number of urea groups is 1. The molecule has 2 heterocycles. The van der Waals surface area contributed by atoms with Crippen molar-refractivity contribution in [2.45, 2.75) is 37.1 Å². The highest BCUT2D eigenvalue weighted by atomic mass is 32.2. The molecule has 4 atom stereocenters. The highest BCUT2D eigenvalue weighted by Crippen LogP contribution is 2.35. The van der Waals surface area contributed by atoms with Gasteiger partial charge in [-0.1, -0.05) is 13.3 Å². The number of hydrogen-bond acceptors (Lipinski definition) is 3. The second-order valence-electron chi connectivity index (χ2n) is 4.06. The Balaban J connectivity index is 2.03. The fourth-order valence-electron chi connectivity index (χ4n) is 2.29. The molecule has 2 aliphatic heterocycles. The van der Waals surface area contributed by atoms with Crippen molar-refractivity contribution < 1.29 is 9.59 Å². The molecule has 2 fully saturated rings. The number of carbonyl (C=O) groups is 1. The molecule has 15 heavy (non-hydrogen) atoms. The summed E-state index contributed by atoms with van der Waals surface area (Å²) >= 11 is 1.77. The standard InChI is InChI=1S/C10H15N2O2S/c1-2-3-6(4-13)9-8-7(5-15-9)11-10(14)12-8/h6-9H,2-3,5H2,1H3,(H2,11,12,14)/t6?,7-,8-,9-/m0/s1. The zero-order chi connectivity index (χ0) is 10.8. The molecule has 83 valence electrons. The van der Waals surface area contributed by atoms with Gasteiger partial charge in [0.15, 0.2) is 0 Å². The summed E-state index contributed by atoms with van der Waals surface area (Å²) in [6.45, 7) is 2.06.